The molecule has 0 unspecified atom stereocenters. The van der Waals surface area contributed by atoms with E-state index < -0.39 is 5.41 Å². The first-order valence-corrected chi connectivity index (χ1v) is 20.8. The number of anilines is 1. The summed E-state index contributed by atoms with van der Waals surface area (Å²) in [6.07, 6.45) is 10.8. The third-order valence-corrected chi connectivity index (χ3v) is 13.0. The van der Waals surface area contributed by atoms with E-state index in [1.807, 2.05) is 60.7 Å². The molecule has 6 aromatic carbocycles. The number of carbonyl (C=O) groups excluding carboxylic acids is 1. The first kappa shape index (κ1) is 38.1. The number of carbonyl (C=O) groups is 1. The Bertz CT molecular complexity index is 2410. The van der Waals surface area contributed by atoms with Crippen molar-refractivity contribution in [1.29, 1.82) is 0 Å². The number of fused-ring (bicyclic) bond motifs is 5. The van der Waals surface area contributed by atoms with Gasteiger partial charge < -0.3 is 15.2 Å². The number of methoxy groups -OCH3 is 1. The fraction of sp³-hybridized carbons (Fsp3) is 0.300. The van der Waals surface area contributed by atoms with Gasteiger partial charge in [0.05, 0.1) is 12.1 Å². The quantitative estimate of drug-likeness (QED) is 0.136. The maximum atomic E-state index is 13.4. The third kappa shape index (κ3) is 7.19. The molecule has 0 aromatic heterocycles. The van der Waals surface area contributed by atoms with E-state index in [0.29, 0.717) is 32.6 Å². The smallest absolute Gasteiger partial charge is 0.255 e. The Kier molecular flexibility index (Phi) is 10.6. The van der Waals surface area contributed by atoms with Crippen LogP contribution in [0.3, 0.4) is 0 Å². The fourth-order valence-corrected chi connectivity index (χ4v) is 9.84. The van der Waals surface area contributed by atoms with Crippen molar-refractivity contribution >= 4 is 45.6 Å². The van der Waals surface area contributed by atoms with Gasteiger partial charge in [0.25, 0.3) is 5.91 Å². The van der Waals surface area contributed by atoms with Gasteiger partial charge in [0.1, 0.15) is 11.5 Å². The lowest BCUT2D eigenvalue weighted by atomic mass is 9.77. The molecule has 2 N–H and O–H groups in total. The molecule has 2 aliphatic carbocycles. The molecule has 0 radical (unpaired) electrons. The van der Waals surface area contributed by atoms with E-state index in [1.54, 1.807) is 13.2 Å². The molecule has 1 amide bonds. The number of hydrogen-bond acceptors (Lipinski definition) is 3. The van der Waals surface area contributed by atoms with Crippen LogP contribution in [0.5, 0.6) is 11.5 Å². The fourth-order valence-electron chi connectivity index (χ4n) is 9.25. The molecular weight excluding hydrogens is 733 g/mol. The average Bonchev–Trinajstić information content (AvgIpc) is 3.42. The van der Waals surface area contributed by atoms with Crippen LogP contribution >= 0.6 is 23.2 Å². The first-order chi connectivity index (χ1) is 27.0. The maximum Gasteiger partial charge on any atom is 0.255 e. The molecule has 0 aliphatic heterocycles. The van der Waals surface area contributed by atoms with Gasteiger partial charge in [-0.25, -0.2) is 0 Å². The van der Waals surface area contributed by atoms with E-state index in [1.165, 1.54) is 56.9 Å². The highest BCUT2D eigenvalue weighted by atomic mass is 35.5. The van der Waals surface area contributed by atoms with Gasteiger partial charge in [-0.1, -0.05) is 118 Å². The number of rotatable bonds is 10. The number of phenols is 1. The molecule has 2 aliphatic rings. The van der Waals surface area contributed by atoms with Crippen LogP contribution in [0.25, 0.3) is 44.2 Å². The van der Waals surface area contributed by atoms with E-state index in [2.05, 4.69) is 62.5 Å². The zero-order chi connectivity index (χ0) is 39.1. The zero-order valence-corrected chi connectivity index (χ0v) is 34.2. The summed E-state index contributed by atoms with van der Waals surface area (Å²) in [5.74, 6) is 2.30. The predicted octanol–water partition coefficient (Wildman–Crippen LogP) is 14.6. The molecule has 0 bridgehead atoms. The van der Waals surface area contributed by atoms with Crippen LogP contribution in [0.15, 0.2) is 103 Å². The number of unbranched alkanes of at least 4 members (excludes halogenated alkanes) is 2. The minimum absolute atomic E-state index is 0.132. The van der Waals surface area contributed by atoms with E-state index in [4.69, 9.17) is 27.9 Å². The summed E-state index contributed by atoms with van der Waals surface area (Å²) in [5.41, 5.74) is 10.6. The summed E-state index contributed by atoms with van der Waals surface area (Å²) >= 11 is 13.1. The van der Waals surface area contributed by atoms with E-state index in [0.717, 1.165) is 61.6 Å². The number of amides is 1. The van der Waals surface area contributed by atoms with E-state index >= 15 is 0 Å². The SMILES string of the molecule is CCCCCC1CCC(c2ccc(-c3ccc(C(=O)Nc4ccc(-c5cc6c(cc5OC)C(C)(C)c5cc(O)c7c(Cl)cc(Cl)cc7c5-6)cc4)cc3)cc2)CC1. The molecule has 6 heteroatoms. The van der Waals surface area contributed by atoms with Crippen LogP contribution in [-0.4, -0.2) is 18.1 Å². The summed E-state index contributed by atoms with van der Waals surface area (Å²) in [6.45, 7) is 6.59. The normalized spacial score (nSPS) is 17.0. The number of halogens is 2. The Balaban J connectivity index is 0.967. The van der Waals surface area contributed by atoms with Crippen LogP contribution in [0, 0.1) is 5.92 Å². The number of aromatic hydroxyl groups is 1. The van der Waals surface area contributed by atoms with Gasteiger partial charge in [0.15, 0.2) is 0 Å². The molecule has 0 spiro atoms. The Morgan fingerprint density at radius 2 is 1.45 bits per heavy atom. The number of benzene rings is 6. The second-order valence-corrected chi connectivity index (χ2v) is 17.1. The Labute approximate surface area is 340 Å². The van der Waals surface area contributed by atoms with Crippen LogP contribution in [-0.2, 0) is 5.41 Å². The molecule has 0 saturated heterocycles. The number of hydrogen-bond donors (Lipinski definition) is 2. The lowest BCUT2D eigenvalue weighted by molar-refractivity contribution is 0.102. The van der Waals surface area contributed by atoms with Gasteiger partial charge >= 0.3 is 0 Å². The lowest BCUT2D eigenvalue weighted by Gasteiger charge is -2.29. The monoisotopic (exact) mass is 781 g/mol. The predicted molar refractivity (Wildman–Crippen MR) is 234 cm³/mol. The second kappa shape index (κ2) is 15.6. The lowest BCUT2D eigenvalue weighted by Crippen LogP contribution is -2.15. The molecule has 0 heterocycles. The maximum absolute atomic E-state index is 13.4. The average molecular weight is 783 g/mol. The van der Waals surface area contributed by atoms with Crippen LogP contribution < -0.4 is 10.1 Å². The molecule has 286 valence electrons. The van der Waals surface area contributed by atoms with Crippen molar-refractivity contribution < 1.29 is 14.6 Å². The molecule has 8 rings (SSSR count). The molecule has 6 aromatic rings. The van der Waals surface area contributed by atoms with Crippen molar-refractivity contribution in [3.05, 3.63) is 135 Å². The highest BCUT2D eigenvalue weighted by molar-refractivity contribution is 6.39. The first-order valence-electron chi connectivity index (χ1n) is 20.1. The highest BCUT2D eigenvalue weighted by Crippen LogP contribution is 2.56. The van der Waals surface area contributed by atoms with Gasteiger partial charge in [-0.05, 0) is 142 Å². The van der Waals surface area contributed by atoms with E-state index in [9.17, 15) is 9.90 Å². The summed E-state index contributed by atoms with van der Waals surface area (Å²) < 4.78 is 5.95. The molecular formula is C50H49Cl2NO3. The van der Waals surface area contributed by atoms with Crippen LogP contribution in [0.1, 0.15) is 105 Å². The molecule has 56 heavy (non-hydrogen) atoms. The molecule has 4 nitrogen and oxygen atoms in total. The molecule has 1 fully saturated rings. The minimum Gasteiger partial charge on any atom is -0.507 e. The largest absolute Gasteiger partial charge is 0.507 e. The number of ether oxygens (including phenoxy) is 1. The van der Waals surface area contributed by atoms with Gasteiger partial charge in [-0.3, -0.25) is 4.79 Å². The minimum atomic E-state index is -0.403. The number of nitrogens with one attached hydrogen (secondary N) is 1. The van der Waals surface area contributed by atoms with Crippen LogP contribution in [0.2, 0.25) is 10.0 Å². The van der Waals surface area contributed by atoms with Crippen molar-refractivity contribution in [2.45, 2.75) is 83.5 Å². The van der Waals surface area contributed by atoms with Crippen molar-refractivity contribution in [2.24, 2.45) is 5.92 Å². The zero-order valence-electron chi connectivity index (χ0n) is 32.6. The van der Waals surface area contributed by atoms with E-state index in [-0.39, 0.29) is 11.7 Å². The third-order valence-electron chi connectivity index (χ3n) is 12.5. The summed E-state index contributed by atoms with van der Waals surface area (Å²) in [4.78, 5) is 13.4. The highest BCUT2D eigenvalue weighted by Gasteiger charge is 2.39. The molecule has 0 atom stereocenters. The standard InChI is InChI=1S/C50H49Cl2NO3/c1-5-6-7-8-30-9-11-31(12-10-30)32-13-15-33(16-14-32)34-17-19-36(20-18-34)49(55)53-38-23-21-35(22-24-38)39-27-40-42(29-46(39)56-4)50(2,3)43-28-45(54)48-41(47(40)43)25-37(51)26-44(48)52/h13-31,54H,5-12H2,1-4H3,(H,53,55). The van der Waals surface area contributed by atoms with Crippen molar-refractivity contribution in [3.8, 4) is 44.9 Å². The Morgan fingerprint density at radius 1 is 0.786 bits per heavy atom. The Morgan fingerprint density at radius 3 is 2.11 bits per heavy atom. The van der Waals surface area contributed by atoms with Gasteiger partial charge in [-0.2, -0.15) is 0 Å². The summed E-state index contributed by atoms with van der Waals surface area (Å²) in [6, 6.07) is 34.3. The second-order valence-electron chi connectivity index (χ2n) is 16.3. The topological polar surface area (TPSA) is 58.6 Å². The van der Waals surface area contributed by atoms with Gasteiger partial charge in [0, 0.05) is 32.6 Å². The summed E-state index contributed by atoms with van der Waals surface area (Å²) in [5, 5.41) is 16.4. The van der Waals surface area contributed by atoms with Crippen LogP contribution in [0.4, 0.5) is 5.69 Å². The van der Waals surface area contributed by atoms with Crippen molar-refractivity contribution in [1.82, 2.24) is 0 Å². The van der Waals surface area contributed by atoms with Crippen molar-refractivity contribution in [3.63, 3.8) is 0 Å². The number of phenolic OH excluding ortho intramolecular Hbond substituents is 1. The van der Waals surface area contributed by atoms with Crippen molar-refractivity contribution in [2.75, 3.05) is 12.4 Å². The van der Waals surface area contributed by atoms with Gasteiger partial charge in [0.2, 0.25) is 0 Å². The van der Waals surface area contributed by atoms with Gasteiger partial charge in [-0.15, -0.1) is 0 Å². The summed E-state index contributed by atoms with van der Waals surface area (Å²) in [7, 11) is 1.68. The Hall–Kier alpha value is -4.77. The molecule has 1 saturated carbocycles.